The Balaban J connectivity index is 2.50. The Morgan fingerprint density at radius 1 is 1.50 bits per heavy atom. The van der Waals surface area contributed by atoms with Gasteiger partial charge in [-0.15, -0.1) is 0 Å². The number of nitriles is 1. The number of hydrogen-bond acceptors (Lipinski definition) is 3. The molecule has 0 amide bonds. The zero-order chi connectivity index (χ0) is 9.14. The number of ether oxygens (including phenoxy) is 1. The maximum atomic E-state index is 8.92. The third-order valence-electron chi connectivity index (χ3n) is 2.41. The van der Waals surface area contributed by atoms with E-state index in [0.29, 0.717) is 0 Å². The van der Waals surface area contributed by atoms with Gasteiger partial charge >= 0.3 is 0 Å². The van der Waals surface area contributed by atoms with E-state index < -0.39 is 0 Å². The fourth-order valence-electron chi connectivity index (χ4n) is 1.51. The molecule has 0 saturated carbocycles. The van der Waals surface area contributed by atoms with E-state index in [0.717, 1.165) is 13.1 Å². The molecule has 1 aliphatic rings. The van der Waals surface area contributed by atoms with Crippen molar-refractivity contribution >= 4 is 0 Å². The van der Waals surface area contributed by atoms with Gasteiger partial charge in [-0.1, -0.05) is 13.8 Å². The first-order valence-electron chi connectivity index (χ1n) is 4.53. The highest BCUT2D eigenvalue weighted by Crippen LogP contribution is 2.27. The van der Waals surface area contributed by atoms with Crippen LogP contribution >= 0.6 is 0 Å². The first-order chi connectivity index (χ1) is 5.74. The van der Waals surface area contributed by atoms with Crippen LogP contribution in [-0.2, 0) is 4.74 Å². The summed E-state index contributed by atoms with van der Waals surface area (Å²) >= 11 is 0. The molecule has 1 fully saturated rings. The molecule has 3 nitrogen and oxygen atoms in total. The van der Waals surface area contributed by atoms with Crippen molar-refractivity contribution in [3.8, 4) is 6.07 Å². The molecule has 0 aromatic rings. The molecule has 1 saturated heterocycles. The van der Waals surface area contributed by atoms with Gasteiger partial charge in [0.05, 0.1) is 12.2 Å². The normalized spacial score (nSPS) is 29.9. The number of rotatable bonds is 4. The molecule has 0 aliphatic carbocycles. The molecular weight excluding hydrogens is 152 g/mol. The molecule has 1 aliphatic heterocycles. The summed E-state index contributed by atoms with van der Waals surface area (Å²) in [6.45, 7) is 7.99. The first-order valence-corrected chi connectivity index (χ1v) is 4.53. The second-order valence-electron chi connectivity index (χ2n) is 3.10. The summed E-state index contributed by atoms with van der Waals surface area (Å²) < 4.78 is 5.29. The van der Waals surface area contributed by atoms with Gasteiger partial charge in [-0.3, -0.25) is 4.90 Å². The molecule has 68 valence electrons. The van der Waals surface area contributed by atoms with Crippen molar-refractivity contribution in [3.05, 3.63) is 0 Å². The van der Waals surface area contributed by atoms with Crippen molar-refractivity contribution in [2.24, 2.45) is 0 Å². The Kier molecular flexibility index (Phi) is 3.07. The van der Waals surface area contributed by atoms with E-state index in [1.807, 2.05) is 6.92 Å². The molecule has 0 N–H and O–H groups in total. The summed E-state index contributed by atoms with van der Waals surface area (Å²) in [6.07, 6.45) is 0.421. The molecule has 1 rings (SSSR count). The Morgan fingerprint density at radius 2 is 2.00 bits per heavy atom. The first kappa shape index (κ1) is 9.50. The maximum Gasteiger partial charge on any atom is 0.127 e. The van der Waals surface area contributed by atoms with Crippen LogP contribution in [0.4, 0.5) is 0 Å². The summed E-state index contributed by atoms with van der Waals surface area (Å²) in [5, 5.41) is 8.92. The van der Waals surface area contributed by atoms with Gasteiger partial charge < -0.3 is 4.74 Å². The summed E-state index contributed by atoms with van der Waals surface area (Å²) in [7, 11) is 0. The monoisotopic (exact) mass is 168 g/mol. The van der Waals surface area contributed by atoms with Gasteiger partial charge in [0, 0.05) is 0 Å². The molecule has 3 atom stereocenters. The minimum Gasteiger partial charge on any atom is -0.367 e. The standard InChI is InChI=1S/C9H16N2O/c1-4-11(5-2)8(6-10)9-7(3)12-9/h7-9H,4-5H2,1-3H3. The average molecular weight is 168 g/mol. The lowest BCUT2D eigenvalue weighted by molar-refractivity contribution is 0.215. The number of likely N-dealkylation sites (N-methyl/N-ethyl adjacent to an activating group) is 1. The topological polar surface area (TPSA) is 39.6 Å². The number of epoxide rings is 1. The lowest BCUT2D eigenvalue weighted by Crippen LogP contribution is -2.38. The highest BCUT2D eigenvalue weighted by molar-refractivity contribution is 5.05. The maximum absolute atomic E-state index is 8.92. The van der Waals surface area contributed by atoms with Crippen LogP contribution in [0.5, 0.6) is 0 Å². The van der Waals surface area contributed by atoms with E-state index in [9.17, 15) is 0 Å². The van der Waals surface area contributed by atoms with Gasteiger partial charge in [0.2, 0.25) is 0 Å². The molecule has 0 radical (unpaired) electrons. The molecule has 0 bridgehead atoms. The molecule has 0 aromatic heterocycles. The smallest absolute Gasteiger partial charge is 0.127 e. The summed E-state index contributed by atoms with van der Waals surface area (Å²) in [5.41, 5.74) is 0. The third-order valence-corrected chi connectivity index (χ3v) is 2.41. The number of nitrogens with zero attached hydrogens (tertiary/aromatic N) is 2. The van der Waals surface area contributed by atoms with Crippen molar-refractivity contribution in [3.63, 3.8) is 0 Å². The molecular formula is C9H16N2O. The predicted octanol–water partition coefficient (Wildman–Crippen LogP) is 1.01. The van der Waals surface area contributed by atoms with E-state index in [4.69, 9.17) is 10.00 Å². The van der Waals surface area contributed by atoms with Gasteiger partial charge in [0.15, 0.2) is 0 Å². The van der Waals surface area contributed by atoms with Crippen molar-refractivity contribution < 1.29 is 4.74 Å². The summed E-state index contributed by atoms with van der Waals surface area (Å²) in [4.78, 5) is 2.13. The lowest BCUT2D eigenvalue weighted by Gasteiger charge is -2.22. The van der Waals surface area contributed by atoms with Crippen LogP contribution in [0, 0.1) is 11.3 Å². The highest BCUT2D eigenvalue weighted by Gasteiger charge is 2.43. The van der Waals surface area contributed by atoms with Gasteiger partial charge in [0.25, 0.3) is 0 Å². The van der Waals surface area contributed by atoms with E-state index >= 15 is 0 Å². The Labute approximate surface area is 73.9 Å². The lowest BCUT2D eigenvalue weighted by atomic mass is 10.1. The second kappa shape index (κ2) is 3.88. The average Bonchev–Trinajstić information content (AvgIpc) is 2.78. The molecule has 3 unspecified atom stereocenters. The van der Waals surface area contributed by atoms with E-state index in [1.54, 1.807) is 0 Å². The van der Waals surface area contributed by atoms with Gasteiger partial charge in [-0.25, -0.2) is 0 Å². The largest absolute Gasteiger partial charge is 0.367 e. The van der Waals surface area contributed by atoms with Crippen LogP contribution < -0.4 is 0 Å². The Bertz CT molecular complexity index is 183. The molecule has 1 heterocycles. The van der Waals surface area contributed by atoms with Gasteiger partial charge in [0.1, 0.15) is 12.1 Å². The second-order valence-corrected chi connectivity index (χ2v) is 3.10. The van der Waals surface area contributed by atoms with Crippen molar-refractivity contribution in [2.45, 2.75) is 39.0 Å². The SMILES string of the molecule is CCN(CC)C(C#N)C1OC1C. The minimum atomic E-state index is -0.0463. The Morgan fingerprint density at radius 3 is 2.25 bits per heavy atom. The van der Waals surface area contributed by atoms with Crippen LogP contribution in [-0.4, -0.2) is 36.2 Å². The summed E-state index contributed by atoms with van der Waals surface area (Å²) in [6, 6.07) is 2.25. The van der Waals surface area contributed by atoms with Gasteiger partial charge in [-0.2, -0.15) is 5.26 Å². The highest BCUT2D eigenvalue weighted by atomic mass is 16.6. The third kappa shape index (κ3) is 1.77. The number of hydrogen-bond donors (Lipinski definition) is 0. The van der Waals surface area contributed by atoms with Crippen LogP contribution in [0.15, 0.2) is 0 Å². The minimum absolute atomic E-state index is 0.0463. The van der Waals surface area contributed by atoms with Crippen molar-refractivity contribution in [1.29, 1.82) is 5.26 Å². The van der Waals surface area contributed by atoms with Crippen molar-refractivity contribution in [2.75, 3.05) is 13.1 Å². The van der Waals surface area contributed by atoms with Crippen LogP contribution in [0.25, 0.3) is 0 Å². The molecule has 0 aromatic carbocycles. The fraction of sp³-hybridized carbons (Fsp3) is 0.889. The summed E-state index contributed by atoms with van der Waals surface area (Å²) in [5.74, 6) is 0. The van der Waals surface area contributed by atoms with E-state index in [-0.39, 0.29) is 18.2 Å². The fourth-order valence-corrected chi connectivity index (χ4v) is 1.51. The van der Waals surface area contributed by atoms with Crippen LogP contribution in [0.1, 0.15) is 20.8 Å². The zero-order valence-electron chi connectivity index (χ0n) is 7.95. The molecule has 3 heteroatoms. The molecule has 0 spiro atoms. The van der Waals surface area contributed by atoms with Crippen LogP contribution in [0.3, 0.4) is 0 Å². The quantitative estimate of drug-likeness (QED) is 0.588. The van der Waals surface area contributed by atoms with E-state index in [2.05, 4.69) is 24.8 Å². The zero-order valence-corrected chi connectivity index (χ0v) is 7.95. The van der Waals surface area contributed by atoms with Crippen LogP contribution in [0.2, 0.25) is 0 Å². The van der Waals surface area contributed by atoms with Gasteiger partial charge in [-0.05, 0) is 20.0 Å². The predicted molar refractivity (Wildman–Crippen MR) is 46.7 cm³/mol. The van der Waals surface area contributed by atoms with E-state index in [1.165, 1.54) is 0 Å². The Hall–Kier alpha value is -0.590. The molecule has 12 heavy (non-hydrogen) atoms. The van der Waals surface area contributed by atoms with Crippen molar-refractivity contribution in [1.82, 2.24) is 4.90 Å².